The number of nitrogens with one attached hydrogen (secondary N) is 1. The first-order valence-electron chi connectivity index (χ1n) is 3.98. The quantitative estimate of drug-likeness (QED) is 0.808. The molecule has 1 aromatic carbocycles. The van der Waals surface area contributed by atoms with E-state index in [9.17, 15) is 4.79 Å². The monoisotopic (exact) mass is 254 g/mol. The van der Waals surface area contributed by atoms with Crippen LogP contribution in [0.3, 0.4) is 0 Å². The number of carboxylic acid groups (broad SMARTS) is 1. The van der Waals surface area contributed by atoms with Crippen molar-refractivity contribution in [3.63, 3.8) is 0 Å². The highest BCUT2D eigenvalue weighted by atomic mass is 79.9. The van der Waals surface area contributed by atoms with E-state index in [1.807, 2.05) is 0 Å². The Labute approximate surface area is 88.1 Å². The third-order valence-electron chi connectivity index (χ3n) is 2.04. The molecule has 0 aliphatic heterocycles. The Bertz CT molecular complexity index is 493. The lowest BCUT2D eigenvalue weighted by Crippen LogP contribution is -1.98. The Morgan fingerprint density at radius 2 is 2.36 bits per heavy atom. The molecule has 0 radical (unpaired) electrons. The molecule has 4 nitrogen and oxygen atoms in total. The number of H-pyrrole nitrogens is 1. The summed E-state index contributed by atoms with van der Waals surface area (Å²) < 4.78 is 0. The van der Waals surface area contributed by atoms with Crippen molar-refractivity contribution in [1.29, 1.82) is 0 Å². The van der Waals surface area contributed by atoms with Crippen LogP contribution in [-0.2, 0) is 5.33 Å². The van der Waals surface area contributed by atoms with Gasteiger partial charge in [0.05, 0.1) is 22.9 Å². The Balaban J connectivity index is 2.78. The predicted molar refractivity (Wildman–Crippen MR) is 55.7 cm³/mol. The van der Waals surface area contributed by atoms with Gasteiger partial charge in [-0.25, -0.2) is 9.78 Å². The van der Waals surface area contributed by atoms with Crippen LogP contribution in [0.4, 0.5) is 0 Å². The van der Waals surface area contributed by atoms with Gasteiger partial charge < -0.3 is 10.1 Å². The van der Waals surface area contributed by atoms with Gasteiger partial charge in [-0.15, -0.1) is 0 Å². The lowest BCUT2D eigenvalue weighted by Gasteiger charge is -2.00. The average Bonchev–Trinajstić information content (AvgIpc) is 2.64. The number of rotatable bonds is 2. The zero-order chi connectivity index (χ0) is 10.1. The zero-order valence-corrected chi connectivity index (χ0v) is 8.71. The molecule has 72 valence electrons. The van der Waals surface area contributed by atoms with Crippen molar-refractivity contribution in [3.05, 3.63) is 29.6 Å². The molecular formula is C9H7BrN2O2. The number of aromatic amines is 1. The van der Waals surface area contributed by atoms with Crippen LogP contribution in [0.25, 0.3) is 11.0 Å². The van der Waals surface area contributed by atoms with Gasteiger partial charge in [0.1, 0.15) is 0 Å². The molecule has 2 aromatic rings. The fourth-order valence-corrected chi connectivity index (χ4v) is 1.83. The lowest BCUT2D eigenvalue weighted by molar-refractivity contribution is 0.0699. The maximum atomic E-state index is 10.9. The van der Waals surface area contributed by atoms with Gasteiger partial charge in [0.15, 0.2) is 0 Å². The number of carbonyl (C=O) groups is 1. The number of hydrogen-bond acceptors (Lipinski definition) is 2. The molecule has 1 aromatic heterocycles. The van der Waals surface area contributed by atoms with Crippen LogP contribution < -0.4 is 0 Å². The molecule has 0 aliphatic carbocycles. The van der Waals surface area contributed by atoms with E-state index in [1.54, 1.807) is 12.1 Å². The van der Waals surface area contributed by atoms with Gasteiger partial charge >= 0.3 is 5.97 Å². The fourth-order valence-electron chi connectivity index (χ4n) is 1.38. The third-order valence-corrected chi connectivity index (χ3v) is 2.64. The maximum absolute atomic E-state index is 10.9. The van der Waals surface area contributed by atoms with E-state index in [4.69, 9.17) is 5.11 Å². The van der Waals surface area contributed by atoms with Crippen LogP contribution >= 0.6 is 15.9 Å². The van der Waals surface area contributed by atoms with E-state index in [2.05, 4.69) is 25.9 Å². The third kappa shape index (κ3) is 1.29. The molecule has 0 aliphatic rings. The Hall–Kier alpha value is -1.36. The van der Waals surface area contributed by atoms with E-state index >= 15 is 0 Å². The molecule has 5 heteroatoms. The highest BCUT2D eigenvalue weighted by molar-refractivity contribution is 9.08. The van der Waals surface area contributed by atoms with Gasteiger partial charge in [0.2, 0.25) is 0 Å². The van der Waals surface area contributed by atoms with Crippen molar-refractivity contribution in [1.82, 2.24) is 9.97 Å². The van der Waals surface area contributed by atoms with E-state index < -0.39 is 5.97 Å². The van der Waals surface area contributed by atoms with Gasteiger partial charge in [-0.3, -0.25) is 0 Å². The normalized spacial score (nSPS) is 10.6. The molecule has 0 bridgehead atoms. The van der Waals surface area contributed by atoms with Gasteiger partial charge in [-0.05, 0) is 11.6 Å². The van der Waals surface area contributed by atoms with Crippen LogP contribution in [0.5, 0.6) is 0 Å². The number of benzene rings is 1. The van der Waals surface area contributed by atoms with Crippen molar-refractivity contribution in [2.45, 2.75) is 5.33 Å². The number of carboxylic acids is 1. The van der Waals surface area contributed by atoms with Gasteiger partial charge in [0.25, 0.3) is 0 Å². The first-order valence-corrected chi connectivity index (χ1v) is 5.10. The fraction of sp³-hybridized carbons (Fsp3) is 0.111. The van der Waals surface area contributed by atoms with Crippen molar-refractivity contribution in [2.75, 3.05) is 0 Å². The van der Waals surface area contributed by atoms with E-state index in [0.717, 1.165) is 5.56 Å². The molecule has 0 amide bonds. The molecule has 14 heavy (non-hydrogen) atoms. The summed E-state index contributed by atoms with van der Waals surface area (Å²) in [6, 6.07) is 3.35. The Morgan fingerprint density at radius 1 is 1.57 bits per heavy atom. The Kier molecular flexibility index (Phi) is 2.25. The van der Waals surface area contributed by atoms with Crippen LogP contribution in [-0.4, -0.2) is 21.0 Å². The molecular weight excluding hydrogens is 248 g/mol. The SMILES string of the molecule is O=C(O)c1ccc(CBr)c2nc[nH]c12. The molecule has 0 fully saturated rings. The number of halogens is 1. The second-order valence-corrected chi connectivity index (χ2v) is 3.40. The zero-order valence-electron chi connectivity index (χ0n) is 7.12. The minimum Gasteiger partial charge on any atom is -0.478 e. The van der Waals surface area contributed by atoms with E-state index in [0.29, 0.717) is 16.4 Å². The highest BCUT2D eigenvalue weighted by Crippen LogP contribution is 2.21. The number of fused-ring (bicyclic) bond motifs is 1. The summed E-state index contributed by atoms with van der Waals surface area (Å²) in [6.45, 7) is 0. The number of hydrogen-bond donors (Lipinski definition) is 2. The summed E-state index contributed by atoms with van der Waals surface area (Å²) >= 11 is 3.32. The van der Waals surface area contributed by atoms with Crippen LogP contribution in [0, 0.1) is 0 Å². The summed E-state index contributed by atoms with van der Waals surface area (Å²) in [6.07, 6.45) is 1.50. The molecule has 2 N–H and O–H groups in total. The number of nitrogens with zero attached hydrogens (tertiary/aromatic N) is 1. The highest BCUT2D eigenvalue weighted by Gasteiger charge is 2.12. The van der Waals surface area contributed by atoms with Crippen LogP contribution in [0.2, 0.25) is 0 Å². The van der Waals surface area contributed by atoms with Crippen LogP contribution in [0.15, 0.2) is 18.5 Å². The number of alkyl halides is 1. The molecule has 0 saturated carbocycles. The molecule has 0 saturated heterocycles. The van der Waals surface area contributed by atoms with Gasteiger partial charge in [-0.1, -0.05) is 22.0 Å². The summed E-state index contributed by atoms with van der Waals surface area (Å²) in [7, 11) is 0. The van der Waals surface area contributed by atoms with Gasteiger partial charge in [-0.2, -0.15) is 0 Å². The number of aromatic nitrogens is 2. The largest absolute Gasteiger partial charge is 0.478 e. The Morgan fingerprint density at radius 3 is 3.00 bits per heavy atom. The second kappa shape index (κ2) is 3.42. The van der Waals surface area contributed by atoms with Crippen molar-refractivity contribution in [3.8, 4) is 0 Å². The summed E-state index contributed by atoms with van der Waals surface area (Å²) in [5.41, 5.74) is 2.52. The van der Waals surface area contributed by atoms with Crippen molar-refractivity contribution >= 4 is 32.9 Å². The molecule has 0 unspecified atom stereocenters. The van der Waals surface area contributed by atoms with Crippen molar-refractivity contribution in [2.24, 2.45) is 0 Å². The lowest BCUT2D eigenvalue weighted by atomic mass is 10.1. The number of imidazole rings is 1. The second-order valence-electron chi connectivity index (χ2n) is 2.84. The predicted octanol–water partition coefficient (Wildman–Crippen LogP) is 2.16. The summed E-state index contributed by atoms with van der Waals surface area (Å²) in [5.74, 6) is -0.944. The van der Waals surface area contributed by atoms with Crippen LogP contribution in [0.1, 0.15) is 15.9 Å². The molecule has 2 rings (SSSR count). The molecule has 1 heterocycles. The van der Waals surface area contributed by atoms with E-state index in [-0.39, 0.29) is 5.56 Å². The first-order chi connectivity index (χ1) is 6.74. The molecule has 0 atom stereocenters. The number of aromatic carboxylic acids is 1. The smallest absolute Gasteiger partial charge is 0.337 e. The minimum atomic E-state index is -0.944. The average molecular weight is 255 g/mol. The maximum Gasteiger partial charge on any atom is 0.337 e. The first kappa shape index (κ1) is 9.21. The standard InChI is InChI=1S/C9H7BrN2O2/c10-3-5-1-2-6(9(13)14)8-7(5)11-4-12-8/h1-2,4H,3H2,(H,11,12)(H,13,14). The summed E-state index contributed by atoms with van der Waals surface area (Å²) in [5, 5.41) is 9.57. The van der Waals surface area contributed by atoms with Crippen molar-refractivity contribution < 1.29 is 9.90 Å². The summed E-state index contributed by atoms with van der Waals surface area (Å²) in [4.78, 5) is 17.8. The molecule has 0 spiro atoms. The minimum absolute atomic E-state index is 0.252. The topological polar surface area (TPSA) is 66.0 Å². The van der Waals surface area contributed by atoms with E-state index in [1.165, 1.54) is 6.33 Å². The van der Waals surface area contributed by atoms with Gasteiger partial charge in [0, 0.05) is 5.33 Å².